The first-order valence-electron chi connectivity index (χ1n) is 4.56. The summed E-state index contributed by atoms with van der Waals surface area (Å²) in [4.78, 5) is 25.8. The van der Waals surface area contributed by atoms with Crippen LogP contribution in [0, 0.1) is 0 Å². The highest BCUT2D eigenvalue weighted by molar-refractivity contribution is 6.07. The highest BCUT2D eigenvalue weighted by atomic mass is 16.5. The van der Waals surface area contributed by atoms with E-state index in [0.717, 1.165) is 18.5 Å². The molecule has 0 atom stereocenters. The number of hydrogen-bond donors (Lipinski definition) is 1. The quantitative estimate of drug-likeness (QED) is 0.684. The fourth-order valence-corrected chi connectivity index (χ4v) is 1.80. The second-order valence-electron chi connectivity index (χ2n) is 3.32. The van der Waals surface area contributed by atoms with Crippen molar-refractivity contribution in [2.24, 2.45) is 0 Å². The van der Waals surface area contributed by atoms with Crippen LogP contribution in [0.15, 0.2) is 6.20 Å². The third-order valence-electron chi connectivity index (χ3n) is 2.48. The Labute approximate surface area is 81.3 Å². The Kier molecular flexibility index (Phi) is 2.11. The molecule has 0 fully saturated rings. The van der Waals surface area contributed by atoms with Gasteiger partial charge in [-0.3, -0.25) is 4.79 Å². The maximum atomic E-state index is 11.6. The van der Waals surface area contributed by atoms with E-state index in [1.165, 1.54) is 7.11 Å². The number of Topliss-reactive ketones (excluding diaryl/α,β-unsaturated/α-hetero) is 1. The normalized spacial score (nSPS) is 15.1. The van der Waals surface area contributed by atoms with E-state index in [-0.39, 0.29) is 5.78 Å². The molecule has 1 aliphatic carbocycles. The molecule has 1 heterocycles. The largest absolute Gasteiger partial charge is 0.465 e. The fourth-order valence-electron chi connectivity index (χ4n) is 1.80. The SMILES string of the molecule is COC(=O)c1c[nH]c2c1C(=O)CCC2. The molecule has 14 heavy (non-hydrogen) atoms. The molecule has 74 valence electrons. The number of esters is 1. The van der Waals surface area contributed by atoms with Crippen molar-refractivity contribution in [3.63, 3.8) is 0 Å². The molecule has 1 N–H and O–H groups in total. The fraction of sp³-hybridized carbons (Fsp3) is 0.400. The van der Waals surface area contributed by atoms with E-state index in [1.807, 2.05) is 0 Å². The summed E-state index contributed by atoms with van der Waals surface area (Å²) < 4.78 is 4.60. The highest BCUT2D eigenvalue weighted by Crippen LogP contribution is 2.24. The number of fused-ring (bicyclic) bond motifs is 1. The number of aryl methyl sites for hydroxylation is 1. The number of nitrogens with one attached hydrogen (secondary N) is 1. The van der Waals surface area contributed by atoms with Gasteiger partial charge in [-0.25, -0.2) is 4.79 Å². The molecule has 4 heteroatoms. The third kappa shape index (κ3) is 1.23. The number of methoxy groups -OCH3 is 1. The van der Waals surface area contributed by atoms with Gasteiger partial charge in [0, 0.05) is 18.3 Å². The molecule has 0 bridgehead atoms. The summed E-state index contributed by atoms with van der Waals surface area (Å²) in [5, 5.41) is 0. The summed E-state index contributed by atoms with van der Waals surface area (Å²) >= 11 is 0. The van der Waals surface area contributed by atoms with Gasteiger partial charge in [-0.2, -0.15) is 0 Å². The molecule has 0 radical (unpaired) electrons. The minimum atomic E-state index is -0.447. The van der Waals surface area contributed by atoms with Crippen molar-refractivity contribution >= 4 is 11.8 Å². The van der Waals surface area contributed by atoms with Crippen LogP contribution in [0.1, 0.15) is 39.3 Å². The average Bonchev–Trinajstić information content (AvgIpc) is 2.62. The van der Waals surface area contributed by atoms with E-state index >= 15 is 0 Å². The molecule has 4 nitrogen and oxygen atoms in total. The molecule has 0 spiro atoms. The van der Waals surface area contributed by atoms with Crippen molar-refractivity contribution in [3.05, 3.63) is 23.0 Å². The van der Waals surface area contributed by atoms with Gasteiger partial charge in [-0.1, -0.05) is 0 Å². The second-order valence-corrected chi connectivity index (χ2v) is 3.32. The number of carbonyl (C=O) groups is 2. The van der Waals surface area contributed by atoms with Crippen molar-refractivity contribution in [1.82, 2.24) is 4.98 Å². The molecule has 1 aliphatic rings. The minimum Gasteiger partial charge on any atom is -0.465 e. The number of aromatic amines is 1. The number of rotatable bonds is 1. The van der Waals surface area contributed by atoms with E-state index in [2.05, 4.69) is 9.72 Å². The lowest BCUT2D eigenvalue weighted by Crippen LogP contribution is -2.13. The number of carbonyl (C=O) groups excluding carboxylic acids is 2. The van der Waals surface area contributed by atoms with Gasteiger partial charge in [0.2, 0.25) is 0 Å². The minimum absolute atomic E-state index is 0.0351. The molecule has 2 rings (SSSR count). The second kappa shape index (κ2) is 3.29. The molecule has 0 saturated heterocycles. The van der Waals surface area contributed by atoms with Crippen LogP contribution in [-0.2, 0) is 11.2 Å². The standard InChI is InChI=1S/C10H11NO3/c1-14-10(13)6-5-11-7-3-2-4-8(12)9(6)7/h5,11H,2-4H2,1H3. The van der Waals surface area contributed by atoms with Crippen LogP contribution in [0.5, 0.6) is 0 Å². The Morgan fingerprint density at radius 2 is 2.29 bits per heavy atom. The van der Waals surface area contributed by atoms with Crippen molar-refractivity contribution in [2.75, 3.05) is 7.11 Å². The van der Waals surface area contributed by atoms with Gasteiger partial charge in [-0.15, -0.1) is 0 Å². The molecule has 0 aromatic carbocycles. The Morgan fingerprint density at radius 3 is 3.00 bits per heavy atom. The van der Waals surface area contributed by atoms with Gasteiger partial charge in [-0.05, 0) is 12.8 Å². The highest BCUT2D eigenvalue weighted by Gasteiger charge is 2.25. The van der Waals surface area contributed by atoms with E-state index < -0.39 is 5.97 Å². The average molecular weight is 193 g/mol. The van der Waals surface area contributed by atoms with Gasteiger partial charge < -0.3 is 9.72 Å². The summed E-state index contributed by atoms with van der Waals surface area (Å²) in [5.74, 6) is -0.411. The predicted octanol–water partition coefficient (Wildman–Crippen LogP) is 1.32. The molecule has 0 amide bonds. The van der Waals surface area contributed by atoms with E-state index in [0.29, 0.717) is 17.5 Å². The predicted molar refractivity (Wildman–Crippen MR) is 49.4 cm³/mol. The maximum Gasteiger partial charge on any atom is 0.340 e. The van der Waals surface area contributed by atoms with Crippen LogP contribution in [0.3, 0.4) is 0 Å². The van der Waals surface area contributed by atoms with E-state index in [9.17, 15) is 9.59 Å². The molecular weight excluding hydrogens is 182 g/mol. The van der Waals surface area contributed by atoms with Crippen LogP contribution < -0.4 is 0 Å². The first-order chi connectivity index (χ1) is 6.74. The van der Waals surface area contributed by atoms with Gasteiger partial charge in [0.25, 0.3) is 0 Å². The lowest BCUT2D eigenvalue weighted by atomic mass is 9.94. The lowest BCUT2D eigenvalue weighted by Gasteiger charge is -2.10. The zero-order valence-electron chi connectivity index (χ0n) is 7.92. The molecule has 1 aromatic heterocycles. The number of H-pyrrole nitrogens is 1. The van der Waals surface area contributed by atoms with Crippen molar-refractivity contribution in [2.45, 2.75) is 19.3 Å². The molecule has 1 aromatic rings. The van der Waals surface area contributed by atoms with Crippen LogP contribution >= 0.6 is 0 Å². The van der Waals surface area contributed by atoms with Crippen LogP contribution in [0.25, 0.3) is 0 Å². The molecule has 0 unspecified atom stereocenters. The number of hydrogen-bond acceptors (Lipinski definition) is 3. The van der Waals surface area contributed by atoms with Crippen molar-refractivity contribution in [3.8, 4) is 0 Å². The van der Waals surface area contributed by atoms with Crippen LogP contribution in [-0.4, -0.2) is 23.8 Å². The topological polar surface area (TPSA) is 59.2 Å². The Bertz CT molecular complexity index is 392. The summed E-state index contributed by atoms with van der Waals surface area (Å²) in [6.45, 7) is 0. The number of ether oxygens (including phenoxy) is 1. The van der Waals surface area contributed by atoms with Gasteiger partial charge >= 0.3 is 5.97 Å². The Hall–Kier alpha value is -1.58. The maximum absolute atomic E-state index is 11.6. The van der Waals surface area contributed by atoms with E-state index in [1.54, 1.807) is 6.20 Å². The Balaban J connectivity index is 2.48. The van der Waals surface area contributed by atoms with Crippen LogP contribution in [0.4, 0.5) is 0 Å². The smallest absolute Gasteiger partial charge is 0.340 e. The first kappa shape index (κ1) is 8.99. The zero-order chi connectivity index (χ0) is 10.1. The lowest BCUT2D eigenvalue weighted by molar-refractivity contribution is 0.0597. The summed E-state index contributed by atoms with van der Waals surface area (Å²) in [6, 6.07) is 0. The first-order valence-corrected chi connectivity index (χ1v) is 4.56. The summed E-state index contributed by atoms with van der Waals surface area (Å²) in [6.07, 6.45) is 3.76. The molecular formula is C10H11NO3. The number of ketones is 1. The van der Waals surface area contributed by atoms with Gasteiger partial charge in [0.05, 0.1) is 18.2 Å². The van der Waals surface area contributed by atoms with Gasteiger partial charge in [0.15, 0.2) is 5.78 Å². The molecule has 0 saturated carbocycles. The van der Waals surface area contributed by atoms with Crippen molar-refractivity contribution < 1.29 is 14.3 Å². The van der Waals surface area contributed by atoms with Crippen molar-refractivity contribution in [1.29, 1.82) is 0 Å². The zero-order valence-corrected chi connectivity index (χ0v) is 7.92. The summed E-state index contributed by atoms with van der Waals surface area (Å²) in [7, 11) is 1.31. The molecule has 0 aliphatic heterocycles. The third-order valence-corrected chi connectivity index (χ3v) is 2.48. The summed E-state index contributed by atoms with van der Waals surface area (Å²) in [5.41, 5.74) is 1.76. The van der Waals surface area contributed by atoms with E-state index in [4.69, 9.17) is 0 Å². The number of aromatic nitrogens is 1. The Morgan fingerprint density at radius 1 is 1.50 bits per heavy atom. The monoisotopic (exact) mass is 193 g/mol. The van der Waals surface area contributed by atoms with Crippen LogP contribution in [0.2, 0.25) is 0 Å². The van der Waals surface area contributed by atoms with Gasteiger partial charge in [0.1, 0.15) is 0 Å².